The average Bonchev–Trinajstić information content (AvgIpc) is 4.02. The van der Waals surface area contributed by atoms with E-state index in [1.807, 2.05) is 0 Å². The number of carbonyl (C=O) groups is 9. The van der Waals surface area contributed by atoms with Gasteiger partial charge in [-0.15, -0.1) is 0 Å². The minimum atomic E-state index is -1.32. The SMILES string of the molecule is Cn1cc(NC(=O)c2cc(NC(=O)c3cc(NC(=O)c4nc(NC(=O)C(Br)CSCC(NC(=O)CCC(N)C(=O)O)C(=O)NCC(=O)O)cn4C)cn3C)cn2C)cc1C(=O)CCN=C(N)N. The molecule has 3 unspecified atom stereocenters. The van der Waals surface area contributed by atoms with Crippen LogP contribution in [0.3, 0.4) is 0 Å². The summed E-state index contributed by atoms with van der Waals surface area (Å²) in [5, 5.41) is 33.2. The first-order valence-electron chi connectivity index (χ1n) is 19.9. The molecule has 0 bridgehead atoms. The maximum atomic E-state index is 13.4. The standard InChI is InChI=1S/C39H50BrN15O11S/c1-52-13-19(9-25(52)28(56)7-8-44-39(42)43)46-35(62)26-10-20(14-53(26)2)47-36(63)27-11-21(15-54(27)3)48-37(64)32-50-29(16-55(32)4)51-33(60)22(40)17-67-18-24(34(61)45-12-31(58)59)49-30(57)6-5-23(41)38(65)66/h9-11,13-16,22-24H,5-8,12,17-18,41H2,1-4H3,(H,45,61)(H,46,62)(H,47,63)(H,48,64)(H,49,57)(H,51,60)(H,58,59)(H,65,66)(H4,42,43,44). The zero-order chi connectivity index (χ0) is 49.7. The van der Waals surface area contributed by atoms with Crippen LogP contribution in [-0.2, 0) is 52.2 Å². The first kappa shape index (κ1) is 52.2. The Kier molecular flexibility index (Phi) is 18.4. The van der Waals surface area contributed by atoms with E-state index in [2.05, 4.69) is 57.8 Å². The zero-order valence-electron chi connectivity index (χ0n) is 36.5. The Balaban J connectivity index is 1.30. The summed E-state index contributed by atoms with van der Waals surface area (Å²) in [6.07, 6.45) is 5.55. The minimum Gasteiger partial charge on any atom is -0.480 e. The van der Waals surface area contributed by atoms with Crippen LogP contribution in [0.4, 0.5) is 22.9 Å². The number of nitrogens with two attached hydrogens (primary N) is 3. The second-order valence-electron chi connectivity index (χ2n) is 14.8. The lowest BCUT2D eigenvalue weighted by atomic mass is 10.1. The molecule has 0 saturated heterocycles. The fourth-order valence-corrected chi connectivity index (χ4v) is 7.71. The van der Waals surface area contributed by atoms with Crippen LogP contribution in [0.25, 0.3) is 0 Å². The molecule has 0 aliphatic carbocycles. The quantitative estimate of drug-likeness (QED) is 0.0180. The number of aryl methyl sites for hydroxylation is 4. The van der Waals surface area contributed by atoms with Crippen LogP contribution in [0.2, 0.25) is 0 Å². The van der Waals surface area contributed by atoms with Gasteiger partial charge in [-0.05, 0) is 24.6 Å². The Bertz CT molecular complexity index is 2580. The van der Waals surface area contributed by atoms with Crippen molar-refractivity contribution in [1.82, 2.24) is 33.9 Å². The smallest absolute Gasteiger partial charge is 0.322 e. The highest BCUT2D eigenvalue weighted by atomic mass is 79.9. The fraction of sp³-hybridized carbons (Fsp3) is 0.359. The number of carboxylic acids is 2. The number of nitrogens with zero attached hydrogens (tertiary/aromatic N) is 6. The molecule has 67 heavy (non-hydrogen) atoms. The number of aliphatic carboxylic acids is 2. The fourth-order valence-electron chi connectivity index (χ4n) is 6.07. The van der Waals surface area contributed by atoms with Crippen molar-refractivity contribution in [2.24, 2.45) is 50.4 Å². The summed E-state index contributed by atoms with van der Waals surface area (Å²) >= 11 is 4.33. The normalized spacial score (nSPS) is 12.2. The van der Waals surface area contributed by atoms with Crippen LogP contribution in [0.15, 0.2) is 48.0 Å². The molecule has 0 aliphatic rings. The number of halogens is 1. The second kappa shape index (κ2) is 23.6. The summed E-state index contributed by atoms with van der Waals surface area (Å²) in [7, 11) is 6.38. The highest BCUT2D eigenvalue weighted by molar-refractivity contribution is 9.10. The number of ketones is 1. The van der Waals surface area contributed by atoms with Crippen LogP contribution < -0.4 is 49.1 Å². The Labute approximate surface area is 394 Å². The topological polar surface area (TPSA) is 389 Å². The van der Waals surface area contributed by atoms with Crippen molar-refractivity contribution in [2.75, 3.05) is 45.9 Å². The van der Waals surface area contributed by atoms with Gasteiger partial charge in [-0.2, -0.15) is 11.8 Å². The number of imidazole rings is 1. The van der Waals surface area contributed by atoms with Gasteiger partial charge in [0.1, 0.15) is 34.8 Å². The molecule has 6 amide bonds. The highest BCUT2D eigenvalue weighted by Crippen LogP contribution is 2.21. The highest BCUT2D eigenvalue weighted by Gasteiger charge is 2.26. The number of nitrogens with one attached hydrogen (secondary N) is 6. The van der Waals surface area contributed by atoms with E-state index in [9.17, 15) is 43.2 Å². The molecule has 0 aromatic carbocycles. The summed E-state index contributed by atoms with van der Waals surface area (Å²) in [6, 6.07) is 1.90. The van der Waals surface area contributed by atoms with E-state index in [4.69, 9.17) is 27.4 Å². The van der Waals surface area contributed by atoms with Gasteiger partial charge in [0.2, 0.25) is 23.5 Å². The molecular formula is C39H50BrN15O11S. The van der Waals surface area contributed by atoms with Gasteiger partial charge < -0.3 is 77.6 Å². The molecule has 4 rings (SSSR count). The third-order valence-corrected chi connectivity index (χ3v) is 11.7. The van der Waals surface area contributed by atoms with E-state index in [0.717, 1.165) is 11.8 Å². The van der Waals surface area contributed by atoms with Crippen molar-refractivity contribution < 1.29 is 53.4 Å². The molecule has 4 heterocycles. The van der Waals surface area contributed by atoms with Gasteiger partial charge in [0, 0.05) is 77.3 Å². The number of alkyl halides is 1. The lowest BCUT2D eigenvalue weighted by molar-refractivity contribution is -0.139. The Morgan fingerprint density at radius 3 is 1.81 bits per heavy atom. The molecule has 0 radical (unpaired) electrons. The van der Waals surface area contributed by atoms with Crippen molar-refractivity contribution in [3.05, 3.63) is 65.9 Å². The average molecular weight is 1020 g/mol. The molecule has 360 valence electrons. The number of carboxylic acid groups (broad SMARTS) is 2. The summed E-state index contributed by atoms with van der Waals surface area (Å²) in [6.45, 7) is -0.599. The summed E-state index contributed by atoms with van der Waals surface area (Å²) in [4.78, 5) is 120. The monoisotopic (exact) mass is 1020 g/mol. The van der Waals surface area contributed by atoms with Gasteiger partial charge in [0.15, 0.2) is 17.6 Å². The molecule has 14 N–H and O–H groups in total. The van der Waals surface area contributed by atoms with Crippen molar-refractivity contribution in [1.29, 1.82) is 0 Å². The maximum Gasteiger partial charge on any atom is 0.322 e. The lowest BCUT2D eigenvalue weighted by Gasteiger charge is -2.19. The predicted octanol–water partition coefficient (Wildman–Crippen LogP) is -0.648. The number of aliphatic imine (C=N–C) groups is 1. The number of thioether (sulfide) groups is 1. The van der Waals surface area contributed by atoms with Crippen molar-refractivity contribution in [3.8, 4) is 0 Å². The Hall–Kier alpha value is -7.46. The molecule has 28 heteroatoms. The van der Waals surface area contributed by atoms with Gasteiger partial charge in [-0.25, -0.2) is 4.98 Å². The van der Waals surface area contributed by atoms with E-state index in [1.54, 1.807) is 31.9 Å². The summed E-state index contributed by atoms with van der Waals surface area (Å²) in [5.41, 5.74) is 17.7. The van der Waals surface area contributed by atoms with Crippen LogP contribution in [0.5, 0.6) is 0 Å². The molecule has 0 spiro atoms. The van der Waals surface area contributed by atoms with Gasteiger partial charge in [-0.3, -0.25) is 48.1 Å². The number of rotatable bonds is 24. The maximum absolute atomic E-state index is 13.4. The molecule has 0 aliphatic heterocycles. The predicted molar refractivity (Wildman–Crippen MR) is 249 cm³/mol. The number of carbonyl (C=O) groups excluding carboxylic acids is 7. The van der Waals surface area contributed by atoms with E-state index in [1.165, 1.54) is 57.5 Å². The van der Waals surface area contributed by atoms with E-state index in [0.29, 0.717) is 17.1 Å². The van der Waals surface area contributed by atoms with Gasteiger partial charge in [0.25, 0.3) is 17.7 Å². The molecule has 0 saturated carbocycles. The van der Waals surface area contributed by atoms with Crippen molar-refractivity contribution in [2.45, 2.75) is 36.2 Å². The molecule has 3 atom stereocenters. The van der Waals surface area contributed by atoms with Crippen LogP contribution >= 0.6 is 27.7 Å². The number of anilines is 4. The van der Waals surface area contributed by atoms with E-state index in [-0.39, 0.29) is 77.8 Å². The molecule has 4 aromatic heterocycles. The third kappa shape index (κ3) is 15.3. The molecule has 26 nitrogen and oxygen atoms in total. The van der Waals surface area contributed by atoms with Gasteiger partial charge >= 0.3 is 11.9 Å². The van der Waals surface area contributed by atoms with Crippen LogP contribution in [0, 0.1) is 0 Å². The first-order valence-corrected chi connectivity index (χ1v) is 21.9. The van der Waals surface area contributed by atoms with Crippen LogP contribution in [-0.4, -0.2) is 134 Å². The zero-order valence-corrected chi connectivity index (χ0v) is 38.9. The second-order valence-corrected chi connectivity index (χ2v) is 17.0. The van der Waals surface area contributed by atoms with Crippen LogP contribution in [0.1, 0.15) is 61.3 Å². The molecule has 0 fully saturated rings. The molecule has 4 aromatic rings. The lowest BCUT2D eigenvalue weighted by Crippen LogP contribution is -2.49. The Morgan fingerprint density at radius 2 is 1.27 bits per heavy atom. The largest absolute Gasteiger partial charge is 0.480 e. The first-order chi connectivity index (χ1) is 31.5. The number of aromatic nitrogens is 5. The number of Topliss-reactive ketones (excluding diaryl/α,β-unsaturated/α-hetero) is 1. The number of amides is 6. The number of hydrogen-bond donors (Lipinski definition) is 11. The summed E-state index contributed by atoms with van der Waals surface area (Å²) in [5.74, 6) is -6.90. The van der Waals surface area contributed by atoms with Crippen molar-refractivity contribution >= 4 is 110 Å². The summed E-state index contributed by atoms with van der Waals surface area (Å²) < 4.78 is 5.92. The minimum absolute atomic E-state index is 0.0218. The third-order valence-electron chi connectivity index (χ3n) is 9.40. The van der Waals surface area contributed by atoms with E-state index >= 15 is 0 Å². The number of guanidine groups is 1. The van der Waals surface area contributed by atoms with Gasteiger partial charge in [-0.1, -0.05) is 15.9 Å². The van der Waals surface area contributed by atoms with E-state index < -0.39 is 70.8 Å². The molecular weight excluding hydrogens is 966 g/mol. The number of hydrogen-bond acceptors (Lipinski definition) is 13. The van der Waals surface area contributed by atoms with Crippen molar-refractivity contribution in [3.63, 3.8) is 0 Å². The Morgan fingerprint density at radius 1 is 0.731 bits per heavy atom. The van der Waals surface area contributed by atoms with Gasteiger partial charge in [0.05, 0.1) is 29.3 Å².